The Morgan fingerprint density at radius 2 is 1.71 bits per heavy atom. The molecule has 2 aromatic rings. The first kappa shape index (κ1) is 18.3. The second kappa shape index (κ2) is 8.74. The number of nitrogens with two attached hydrogens (primary N) is 1. The zero-order valence-electron chi connectivity index (χ0n) is 14.6. The number of Topliss-reactive ketones (excluding diaryl/α,β-unsaturated/α-hetero) is 2. The smallest absolute Gasteiger partial charge is 0.163 e. The van der Waals surface area contributed by atoms with Gasteiger partial charge in [-0.2, -0.15) is 0 Å². The van der Waals surface area contributed by atoms with E-state index in [0.717, 1.165) is 30.0 Å². The molecule has 0 fully saturated rings. The number of hydrogen-bond acceptors (Lipinski definition) is 3. The van der Waals surface area contributed by atoms with Crippen molar-refractivity contribution >= 4 is 22.3 Å². The first-order valence-corrected chi connectivity index (χ1v) is 8.78. The van der Waals surface area contributed by atoms with Crippen LogP contribution in [0.15, 0.2) is 42.5 Å². The maximum Gasteiger partial charge on any atom is 0.163 e. The summed E-state index contributed by atoms with van der Waals surface area (Å²) in [5, 5.41) is 2.17. The highest BCUT2D eigenvalue weighted by molar-refractivity contribution is 6.02. The van der Waals surface area contributed by atoms with E-state index in [-0.39, 0.29) is 23.4 Å². The molecular formula is C21H27NO2. The minimum Gasteiger partial charge on any atom is -0.330 e. The molecule has 0 aliphatic rings. The average molecular weight is 325 g/mol. The van der Waals surface area contributed by atoms with Crippen LogP contribution >= 0.6 is 0 Å². The lowest BCUT2D eigenvalue weighted by molar-refractivity contribution is -0.126. The third kappa shape index (κ3) is 4.75. The summed E-state index contributed by atoms with van der Waals surface area (Å²) in [4.78, 5) is 25.1. The van der Waals surface area contributed by atoms with Gasteiger partial charge in [0.2, 0.25) is 0 Å². The molecule has 3 nitrogen and oxygen atoms in total. The number of benzene rings is 2. The highest BCUT2D eigenvalue weighted by Gasteiger charge is 2.24. The quantitative estimate of drug-likeness (QED) is 0.549. The maximum absolute atomic E-state index is 12.7. The largest absolute Gasteiger partial charge is 0.330 e. The Morgan fingerprint density at radius 3 is 2.38 bits per heavy atom. The van der Waals surface area contributed by atoms with Crippen molar-refractivity contribution in [3.8, 4) is 0 Å². The third-order valence-electron chi connectivity index (χ3n) is 4.48. The van der Waals surface area contributed by atoms with Gasteiger partial charge in [0.25, 0.3) is 0 Å². The second-order valence-corrected chi connectivity index (χ2v) is 6.73. The number of carbonyl (C=O) groups excluding carboxylic acids is 2. The van der Waals surface area contributed by atoms with Crippen molar-refractivity contribution < 1.29 is 9.59 Å². The van der Waals surface area contributed by atoms with Crippen molar-refractivity contribution in [1.82, 2.24) is 0 Å². The summed E-state index contributed by atoms with van der Waals surface area (Å²) >= 11 is 0. The molecule has 1 unspecified atom stereocenters. The predicted molar refractivity (Wildman–Crippen MR) is 99.1 cm³/mol. The highest BCUT2D eigenvalue weighted by Crippen LogP contribution is 2.23. The van der Waals surface area contributed by atoms with Gasteiger partial charge in [-0.1, -0.05) is 56.7 Å². The van der Waals surface area contributed by atoms with Gasteiger partial charge in [0.15, 0.2) is 5.78 Å². The van der Waals surface area contributed by atoms with Gasteiger partial charge in [-0.05, 0) is 36.2 Å². The second-order valence-electron chi connectivity index (χ2n) is 6.73. The fourth-order valence-electron chi connectivity index (χ4n) is 3.06. The molecule has 128 valence electrons. The fraction of sp³-hybridized carbons (Fsp3) is 0.429. The zero-order chi connectivity index (χ0) is 17.5. The van der Waals surface area contributed by atoms with Crippen LogP contribution in [0.25, 0.3) is 10.8 Å². The SMILES string of the molecule is CC(C)C(=O)C(CCCCN)CC(=O)c1ccc2ccccc2c1. The van der Waals surface area contributed by atoms with Gasteiger partial charge in [-0.25, -0.2) is 0 Å². The maximum atomic E-state index is 12.7. The monoisotopic (exact) mass is 325 g/mol. The molecule has 24 heavy (non-hydrogen) atoms. The minimum atomic E-state index is -0.199. The Morgan fingerprint density at radius 1 is 1.00 bits per heavy atom. The lowest BCUT2D eigenvalue weighted by Gasteiger charge is -2.17. The topological polar surface area (TPSA) is 60.2 Å². The number of rotatable bonds is 9. The number of fused-ring (bicyclic) bond motifs is 1. The fourth-order valence-corrected chi connectivity index (χ4v) is 3.06. The van der Waals surface area contributed by atoms with E-state index in [1.165, 1.54) is 0 Å². The molecule has 3 heteroatoms. The summed E-state index contributed by atoms with van der Waals surface area (Å²) in [7, 11) is 0. The standard InChI is InChI=1S/C21H27NO2/c1-15(2)21(24)19(9-5-6-12-22)14-20(23)18-11-10-16-7-3-4-8-17(16)13-18/h3-4,7-8,10-11,13,15,19H,5-6,9,12,14,22H2,1-2H3. The Balaban J connectivity index is 2.13. The highest BCUT2D eigenvalue weighted by atomic mass is 16.1. The third-order valence-corrected chi connectivity index (χ3v) is 4.48. The van der Waals surface area contributed by atoms with Gasteiger partial charge < -0.3 is 5.73 Å². The number of ketones is 2. The number of unbranched alkanes of at least 4 members (excludes halogenated alkanes) is 1. The summed E-state index contributed by atoms with van der Waals surface area (Å²) in [6, 6.07) is 13.7. The summed E-state index contributed by atoms with van der Waals surface area (Å²) in [5.41, 5.74) is 6.23. The average Bonchev–Trinajstić information content (AvgIpc) is 2.59. The molecule has 0 heterocycles. The van der Waals surface area contributed by atoms with E-state index in [0.29, 0.717) is 18.5 Å². The lowest BCUT2D eigenvalue weighted by Crippen LogP contribution is -2.23. The molecule has 0 radical (unpaired) electrons. The van der Waals surface area contributed by atoms with Crippen LogP contribution in [-0.2, 0) is 4.79 Å². The molecule has 2 rings (SSSR count). The van der Waals surface area contributed by atoms with E-state index in [1.54, 1.807) is 0 Å². The van der Waals surface area contributed by atoms with Crippen LogP contribution in [0.5, 0.6) is 0 Å². The molecule has 0 aliphatic heterocycles. The lowest BCUT2D eigenvalue weighted by atomic mass is 9.85. The van der Waals surface area contributed by atoms with Crippen LogP contribution in [0.1, 0.15) is 49.9 Å². The molecule has 0 aliphatic carbocycles. The molecule has 0 amide bonds. The van der Waals surface area contributed by atoms with Crippen LogP contribution in [0.2, 0.25) is 0 Å². The van der Waals surface area contributed by atoms with Gasteiger partial charge in [-0.3, -0.25) is 9.59 Å². The molecule has 1 atom stereocenters. The molecule has 0 saturated heterocycles. The van der Waals surface area contributed by atoms with E-state index in [2.05, 4.69) is 0 Å². The van der Waals surface area contributed by atoms with Crippen molar-refractivity contribution in [2.75, 3.05) is 6.54 Å². The first-order chi connectivity index (χ1) is 11.5. The Bertz CT molecular complexity index is 706. The van der Waals surface area contributed by atoms with Crippen molar-refractivity contribution in [1.29, 1.82) is 0 Å². The minimum absolute atomic E-state index is 0.0442. The molecule has 2 aromatic carbocycles. The Hall–Kier alpha value is -2.00. The van der Waals surface area contributed by atoms with Gasteiger partial charge in [0, 0.05) is 23.8 Å². The van der Waals surface area contributed by atoms with Crippen molar-refractivity contribution in [2.45, 2.75) is 39.5 Å². The molecular weight excluding hydrogens is 298 g/mol. The molecule has 0 aromatic heterocycles. The van der Waals surface area contributed by atoms with Crippen LogP contribution in [0.4, 0.5) is 0 Å². The summed E-state index contributed by atoms with van der Waals surface area (Å²) in [6.07, 6.45) is 2.82. The molecule has 0 spiro atoms. The van der Waals surface area contributed by atoms with E-state index in [9.17, 15) is 9.59 Å². The van der Waals surface area contributed by atoms with E-state index < -0.39 is 0 Å². The Kier molecular flexibility index (Phi) is 6.68. The van der Waals surface area contributed by atoms with Gasteiger partial charge in [-0.15, -0.1) is 0 Å². The van der Waals surface area contributed by atoms with Crippen molar-refractivity contribution in [2.24, 2.45) is 17.6 Å². The van der Waals surface area contributed by atoms with Crippen LogP contribution in [0, 0.1) is 11.8 Å². The van der Waals surface area contributed by atoms with Crippen LogP contribution in [-0.4, -0.2) is 18.1 Å². The summed E-state index contributed by atoms with van der Waals surface area (Å²) in [5.74, 6) is -0.0125. The Labute approximate surface area is 144 Å². The first-order valence-electron chi connectivity index (χ1n) is 8.78. The van der Waals surface area contributed by atoms with E-state index in [4.69, 9.17) is 5.73 Å². The summed E-state index contributed by atoms with van der Waals surface area (Å²) < 4.78 is 0. The number of carbonyl (C=O) groups is 2. The van der Waals surface area contributed by atoms with E-state index in [1.807, 2.05) is 56.3 Å². The molecule has 0 bridgehead atoms. The van der Waals surface area contributed by atoms with E-state index >= 15 is 0 Å². The summed E-state index contributed by atoms with van der Waals surface area (Å²) in [6.45, 7) is 4.43. The van der Waals surface area contributed by atoms with Crippen molar-refractivity contribution in [3.63, 3.8) is 0 Å². The van der Waals surface area contributed by atoms with Gasteiger partial charge in [0.1, 0.15) is 5.78 Å². The number of hydrogen-bond donors (Lipinski definition) is 1. The van der Waals surface area contributed by atoms with Gasteiger partial charge >= 0.3 is 0 Å². The molecule has 0 saturated carbocycles. The zero-order valence-corrected chi connectivity index (χ0v) is 14.6. The normalized spacial score (nSPS) is 12.5. The van der Waals surface area contributed by atoms with Crippen LogP contribution < -0.4 is 5.73 Å². The van der Waals surface area contributed by atoms with Crippen LogP contribution in [0.3, 0.4) is 0 Å². The van der Waals surface area contributed by atoms with Gasteiger partial charge in [0.05, 0.1) is 0 Å². The predicted octanol–water partition coefficient (Wildman–Crippen LogP) is 4.38. The van der Waals surface area contributed by atoms with Crippen molar-refractivity contribution in [3.05, 3.63) is 48.0 Å². The molecule has 2 N–H and O–H groups in total.